The van der Waals surface area contributed by atoms with Crippen molar-refractivity contribution in [2.45, 2.75) is 58.0 Å². The number of hydrogen-bond donors (Lipinski definition) is 2. The maximum absolute atomic E-state index is 12.3. The fourth-order valence-electron chi connectivity index (χ4n) is 2.63. The highest BCUT2D eigenvalue weighted by atomic mass is 35.5. The molecule has 9 heteroatoms. The number of hydrogen-bond acceptors (Lipinski definition) is 5. The minimum Gasteiger partial charge on any atom is -0.341 e. The molecule has 0 bridgehead atoms. The van der Waals surface area contributed by atoms with E-state index in [9.17, 15) is 9.59 Å². The zero-order valence-electron chi connectivity index (χ0n) is 14.1. The Bertz CT molecular complexity index is 528. The second-order valence-corrected chi connectivity index (χ2v) is 5.95. The zero-order valence-corrected chi connectivity index (χ0v) is 14.9. The molecule has 24 heavy (non-hydrogen) atoms. The molecule has 2 heterocycles. The van der Waals surface area contributed by atoms with Crippen molar-refractivity contribution in [1.29, 1.82) is 0 Å². The van der Waals surface area contributed by atoms with Gasteiger partial charge in [0.25, 0.3) is 0 Å². The maximum atomic E-state index is 12.3. The number of likely N-dealkylation sites (tertiary alicyclic amines) is 1. The van der Waals surface area contributed by atoms with E-state index in [1.807, 2.05) is 11.8 Å². The molecule has 0 spiro atoms. The summed E-state index contributed by atoms with van der Waals surface area (Å²) in [7, 11) is 0. The van der Waals surface area contributed by atoms with Crippen LogP contribution in [0.4, 0.5) is 5.95 Å². The Morgan fingerprint density at radius 2 is 1.96 bits per heavy atom. The van der Waals surface area contributed by atoms with Gasteiger partial charge in [0.1, 0.15) is 12.9 Å². The average Bonchev–Trinajstić information content (AvgIpc) is 2.79. The molecular weight excluding hydrogens is 332 g/mol. The highest BCUT2D eigenvalue weighted by Gasteiger charge is 2.18. The third-order valence-electron chi connectivity index (χ3n) is 3.96. The molecule has 136 valence electrons. The van der Waals surface area contributed by atoms with Crippen molar-refractivity contribution in [1.82, 2.24) is 19.7 Å². The van der Waals surface area contributed by atoms with Gasteiger partial charge in [0.2, 0.25) is 17.8 Å². The number of rotatable bonds is 6. The van der Waals surface area contributed by atoms with E-state index in [2.05, 4.69) is 15.4 Å². The summed E-state index contributed by atoms with van der Waals surface area (Å²) in [5, 5.41) is 6.70. The Morgan fingerprint density at radius 3 is 2.58 bits per heavy atom. The van der Waals surface area contributed by atoms with Gasteiger partial charge >= 0.3 is 0 Å². The van der Waals surface area contributed by atoms with Crippen LogP contribution in [-0.4, -0.2) is 50.6 Å². The van der Waals surface area contributed by atoms with Gasteiger partial charge in [-0.2, -0.15) is 0 Å². The number of anilines is 1. The molecule has 1 unspecified atom stereocenters. The maximum Gasteiger partial charge on any atom is 0.248 e. The molecule has 1 atom stereocenters. The largest absolute Gasteiger partial charge is 0.341 e. The van der Waals surface area contributed by atoms with E-state index in [1.165, 1.54) is 23.9 Å². The molecule has 1 aromatic heterocycles. The van der Waals surface area contributed by atoms with E-state index in [-0.39, 0.29) is 36.7 Å². The van der Waals surface area contributed by atoms with Gasteiger partial charge < -0.3 is 10.6 Å². The Hall–Kier alpha value is -1.67. The van der Waals surface area contributed by atoms with Crippen molar-refractivity contribution >= 4 is 30.2 Å². The number of halogens is 1. The summed E-state index contributed by atoms with van der Waals surface area (Å²) >= 11 is 0. The molecule has 3 N–H and O–H groups in total. The summed E-state index contributed by atoms with van der Waals surface area (Å²) in [5.74, 6) is -0.0778. The van der Waals surface area contributed by atoms with Crippen LogP contribution in [0.5, 0.6) is 0 Å². The number of aromatic nitrogens is 3. The van der Waals surface area contributed by atoms with E-state index >= 15 is 0 Å². The first-order valence-electron chi connectivity index (χ1n) is 8.34. The lowest BCUT2D eigenvalue weighted by atomic mass is 10.2. The number of carbonyl (C=O) groups excluding carboxylic acids is 2. The van der Waals surface area contributed by atoms with Crippen LogP contribution in [0.25, 0.3) is 0 Å². The van der Waals surface area contributed by atoms with Crippen LogP contribution in [0, 0.1) is 0 Å². The van der Waals surface area contributed by atoms with Gasteiger partial charge in [-0.25, -0.2) is 9.67 Å². The van der Waals surface area contributed by atoms with E-state index in [1.54, 1.807) is 0 Å². The van der Waals surface area contributed by atoms with Crippen LogP contribution in [0.15, 0.2) is 6.33 Å². The van der Waals surface area contributed by atoms with E-state index in [0.29, 0.717) is 6.42 Å². The fourth-order valence-corrected chi connectivity index (χ4v) is 2.63. The van der Waals surface area contributed by atoms with Gasteiger partial charge in [0, 0.05) is 13.1 Å². The Balaban J connectivity index is 0.00000288. The molecule has 2 amide bonds. The summed E-state index contributed by atoms with van der Waals surface area (Å²) in [6, 6.07) is -0.564. The molecular formula is C15H27ClN6O2. The lowest BCUT2D eigenvalue weighted by Gasteiger charge is -2.19. The zero-order chi connectivity index (χ0) is 16.7. The van der Waals surface area contributed by atoms with Crippen LogP contribution >= 0.6 is 12.4 Å². The standard InChI is InChI=1S/C15H26N6O2.ClH/c1-2-7-12(16)14(23)18-15-17-11-21(19-15)10-13(22)20-8-5-3-4-6-9-20;/h11-12H,2-10,16H2,1H3,(H,18,19,23);1H. The molecule has 1 aliphatic rings. The van der Waals surface area contributed by atoms with Crippen molar-refractivity contribution in [3.63, 3.8) is 0 Å². The third kappa shape index (κ3) is 6.09. The van der Waals surface area contributed by atoms with Crippen LogP contribution in [-0.2, 0) is 16.1 Å². The molecule has 0 radical (unpaired) electrons. The van der Waals surface area contributed by atoms with Gasteiger partial charge in [0.15, 0.2) is 0 Å². The summed E-state index contributed by atoms with van der Waals surface area (Å²) in [6.45, 7) is 3.73. The Morgan fingerprint density at radius 1 is 1.29 bits per heavy atom. The first-order chi connectivity index (χ1) is 11.1. The highest BCUT2D eigenvalue weighted by Crippen LogP contribution is 2.10. The second-order valence-electron chi connectivity index (χ2n) is 5.95. The number of carbonyl (C=O) groups is 2. The quantitative estimate of drug-likeness (QED) is 0.793. The first-order valence-corrected chi connectivity index (χ1v) is 8.34. The second kappa shape index (κ2) is 10.2. The SMILES string of the molecule is CCCC(N)C(=O)Nc1ncn(CC(=O)N2CCCCCC2)n1.Cl. The lowest BCUT2D eigenvalue weighted by Crippen LogP contribution is -2.36. The minimum atomic E-state index is -0.564. The lowest BCUT2D eigenvalue weighted by molar-refractivity contribution is -0.132. The molecule has 1 aliphatic heterocycles. The first kappa shape index (κ1) is 20.4. The van der Waals surface area contributed by atoms with Gasteiger partial charge in [0.05, 0.1) is 6.04 Å². The van der Waals surface area contributed by atoms with Crippen molar-refractivity contribution in [3.8, 4) is 0 Å². The van der Waals surface area contributed by atoms with Crippen LogP contribution in [0.2, 0.25) is 0 Å². The van der Waals surface area contributed by atoms with Crippen molar-refractivity contribution < 1.29 is 9.59 Å². The third-order valence-corrected chi connectivity index (χ3v) is 3.96. The molecule has 0 aliphatic carbocycles. The minimum absolute atomic E-state index is 0. The predicted octanol–water partition coefficient (Wildman–Crippen LogP) is 1.17. The van der Waals surface area contributed by atoms with Gasteiger partial charge in [-0.15, -0.1) is 17.5 Å². The van der Waals surface area contributed by atoms with E-state index in [0.717, 1.165) is 32.4 Å². The van der Waals surface area contributed by atoms with Crippen molar-refractivity contribution in [2.75, 3.05) is 18.4 Å². The molecule has 1 fully saturated rings. The van der Waals surface area contributed by atoms with Gasteiger partial charge in [-0.1, -0.05) is 26.2 Å². The van der Waals surface area contributed by atoms with Gasteiger partial charge in [-0.3, -0.25) is 14.9 Å². The number of nitrogens with one attached hydrogen (secondary N) is 1. The van der Waals surface area contributed by atoms with Crippen molar-refractivity contribution in [2.24, 2.45) is 5.73 Å². The van der Waals surface area contributed by atoms with Crippen LogP contribution in [0.1, 0.15) is 45.4 Å². The van der Waals surface area contributed by atoms with Crippen LogP contribution in [0.3, 0.4) is 0 Å². The summed E-state index contributed by atoms with van der Waals surface area (Å²) in [6.07, 6.45) is 7.37. The highest BCUT2D eigenvalue weighted by molar-refractivity contribution is 5.93. The van der Waals surface area contributed by atoms with E-state index < -0.39 is 6.04 Å². The summed E-state index contributed by atoms with van der Waals surface area (Å²) < 4.78 is 1.45. The van der Waals surface area contributed by atoms with Crippen LogP contribution < -0.4 is 11.1 Å². The number of nitrogens with two attached hydrogens (primary N) is 1. The number of amides is 2. The Kier molecular flexibility index (Phi) is 8.70. The van der Waals surface area contributed by atoms with Gasteiger partial charge in [-0.05, 0) is 19.3 Å². The molecule has 1 saturated heterocycles. The molecule has 8 nitrogen and oxygen atoms in total. The Labute approximate surface area is 148 Å². The molecule has 0 saturated carbocycles. The van der Waals surface area contributed by atoms with Crippen molar-refractivity contribution in [3.05, 3.63) is 6.33 Å². The topological polar surface area (TPSA) is 106 Å². The monoisotopic (exact) mass is 358 g/mol. The normalized spacial score (nSPS) is 16.0. The molecule has 0 aromatic carbocycles. The summed E-state index contributed by atoms with van der Waals surface area (Å²) in [4.78, 5) is 30.0. The molecule has 2 rings (SSSR count). The fraction of sp³-hybridized carbons (Fsp3) is 0.733. The summed E-state index contributed by atoms with van der Waals surface area (Å²) in [5.41, 5.74) is 5.74. The predicted molar refractivity (Wildman–Crippen MR) is 93.8 cm³/mol. The van der Waals surface area contributed by atoms with E-state index in [4.69, 9.17) is 5.73 Å². The smallest absolute Gasteiger partial charge is 0.248 e. The average molecular weight is 359 g/mol. The number of nitrogens with zero attached hydrogens (tertiary/aromatic N) is 4. The molecule has 1 aromatic rings.